The lowest BCUT2D eigenvalue weighted by molar-refractivity contribution is -0.384. The third-order valence-corrected chi connectivity index (χ3v) is 4.91. The van der Waals surface area contributed by atoms with E-state index in [2.05, 4.69) is 5.32 Å². The number of benzene rings is 2. The number of hydrogen-bond donors (Lipinski definition) is 1. The SMILES string of the molecule is CN1C(=O)C(NCc2ccccc2)=C(Sc2ccc([N+](=O)[O-])cc2)C1=O. The van der Waals surface area contributed by atoms with Crippen molar-refractivity contribution in [2.45, 2.75) is 11.4 Å². The molecule has 0 unspecified atom stereocenters. The smallest absolute Gasteiger partial charge is 0.277 e. The van der Waals surface area contributed by atoms with Gasteiger partial charge in [-0.25, -0.2) is 0 Å². The van der Waals surface area contributed by atoms with Gasteiger partial charge in [-0.15, -0.1) is 0 Å². The summed E-state index contributed by atoms with van der Waals surface area (Å²) in [5.74, 6) is -0.788. The van der Waals surface area contributed by atoms with Gasteiger partial charge in [0.15, 0.2) is 0 Å². The number of thioether (sulfide) groups is 1. The molecule has 0 spiro atoms. The number of nitrogens with zero attached hydrogens (tertiary/aromatic N) is 2. The molecule has 1 heterocycles. The number of carbonyl (C=O) groups is 2. The van der Waals surface area contributed by atoms with Crippen molar-refractivity contribution in [1.82, 2.24) is 10.2 Å². The first-order chi connectivity index (χ1) is 12.5. The largest absolute Gasteiger partial charge is 0.375 e. The van der Waals surface area contributed by atoms with Crippen LogP contribution in [0.4, 0.5) is 5.69 Å². The maximum absolute atomic E-state index is 12.4. The Bertz CT molecular complexity index is 894. The number of nitro groups is 1. The van der Waals surface area contributed by atoms with E-state index < -0.39 is 16.7 Å². The number of carbonyl (C=O) groups excluding carboxylic acids is 2. The maximum Gasteiger partial charge on any atom is 0.277 e. The highest BCUT2D eigenvalue weighted by atomic mass is 32.2. The third kappa shape index (κ3) is 3.60. The van der Waals surface area contributed by atoms with Crippen molar-refractivity contribution in [1.29, 1.82) is 0 Å². The minimum absolute atomic E-state index is 0.0308. The van der Waals surface area contributed by atoms with Crippen LogP contribution in [-0.4, -0.2) is 28.7 Å². The predicted octanol–water partition coefficient (Wildman–Crippen LogP) is 2.69. The number of amides is 2. The first kappa shape index (κ1) is 17.7. The van der Waals surface area contributed by atoms with Gasteiger partial charge in [-0.3, -0.25) is 24.6 Å². The molecule has 7 nitrogen and oxygen atoms in total. The second-order valence-electron chi connectivity index (χ2n) is 5.57. The molecule has 26 heavy (non-hydrogen) atoms. The van der Waals surface area contributed by atoms with E-state index in [9.17, 15) is 19.7 Å². The Hall–Kier alpha value is -3.13. The molecule has 8 heteroatoms. The summed E-state index contributed by atoms with van der Waals surface area (Å²) in [6.45, 7) is 0.410. The molecule has 1 N–H and O–H groups in total. The van der Waals surface area contributed by atoms with Crippen LogP contribution in [0.2, 0.25) is 0 Å². The van der Waals surface area contributed by atoms with E-state index in [4.69, 9.17) is 0 Å². The maximum atomic E-state index is 12.4. The minimum atomic E-state index is -0.488. The average molecular weight is 369 g/mol. The van der Waals surface area contributed by atoms with Gasteiger partial charge >= 0.3 is 0 Å². The van der Waals surface area contributed by atoms with E-state index in [1.807, 2.05) is 30.3 Å². The summed E-state index contributed by atoms with van der Waals surface area (Å²) in [5, 5.41) is 13.8. The van der Waals surface area contributed by atoms with Crippen molar-refractivity contribution in [2.24, 2.45) is 0 Å². The molecule has 2 aromatic carbocycles. The second-order valence-corrected chi connectivity index (χ2v) is 6.65. The molecule has 132 valence electrons. The van der Waals surface area contributed by atoms with Crippen LogP contribution in [-0.2, 0) is 16.1 Å². The van der Waals surface area contributed by atoms with Crippen LogP contribution >= 0.6 is 11.8 Å². The van der Waals surface area contributed by atoms with Gasteiger partial charge in [-0.05, 0) is 17.7 Å². The molecule has 0 fully saturated rings. The number of hydrogen-bond acceptors (Lipinski definition) is 6. The highest BCUT2D eigenvalue weighted by molar-refractivity contribution is 8.04. The lowest BCUT2D eigenvalue weighted by Crippen LogP contribution is -2.29. The summed E-state index contributed by atoms with van der Waals surface area (Å²) in [6, 6.07) is 15.4. The van der Waals surface area contributed by atoms with E-state index in [0.29, 0.717) is 11.4 Å². The number of nitrogens with one attached hydrogen (secondary N) is 1. The van der Waals surface area contributed by atoms with Crippen molar-refractivity contribution in [3.8, 4) is 0 Å². The quantitative estimate of drug-likeness (QED) is 0.478. The molecule has 0 atom stereocenters. The Morgan fingerprint density at radius 2 is 1.69 bits per heavy atom. The molecule has 1 aliphatic rings. The molecule has 2 aromatic rings. The normalized spacial score (nSPS) is 14.1. The minimum Gasteiger partial charge on any atom is -0.375 e. The molecule has 1 aliphatic heterocycles. The highest BCUT2D eigenvalue weighted by Crippen LogP contribution is 2.34. The van der Waals surface area contributed by atoms with Crippen LogP contribution in [0.15, 0.2) is 70.1 Å². The summed E-state index contributed by atoms with van der Waals surface area (Å²) >= 11 is 1.11. The highest BCUT2D eigenvalue weighted by Gasteiger charge is 2.36. The molecule has 0 radical (unpaired) electrons. The van der Waals surface area contributed by atoms with Gasteiger partial charge in [0, 0.05) is 30.6 Å². The lowest BCUT2D eigenvalue weighted by Gasteiger charge is -2.08. The Morgan fingerprint density at radius 1 is 1.04 bits per heavy atom. The Balaban J connectivity index is 1.83. The van der Waals surface area contributed by atoms with Gasteiger partial charge in [0.2, 0.25) is 0 Å². The van der Waals surface area contributed by atoms with Gasteiger partial charge < -0.3 is 5.32 Å². The monoisotopic (exact) mass is 369 g/mol. The Morgan fingerprint density at radius 3 is 2.31 bits per heavy atom. The Labute approximate surface area is 153 Å². The summed E-state index contributed by atoms with van der Waals surface area (Å²) in [7, 11) is 1.43. The standard InChI is InChI=1S/C18H15N3O4S/c1-20-17(22)15(19-11-12-5-3-2-4-6-12)16(18(20)23)26-14-9-7-13(8-10-14)21(24)25/h2-10,19H,11H2,1H3. The summed E-state index contributed by atoms with van der Waals surface area (Å²) in [5.41, 5.74) is 1.19. The van der Waals surface area contributed by atoms with Crippen molar-refractivity contribution in [3.05, 3.63) is 80.9 Å². The summed E-state index contributed by atoms with van der Waals surface area (Å²) in [6.07, 6.45) is 0. The topological polar surface area (TPSA) is 92.6 Å². The molecular formula is C18H15N3O4S. The van der Waals surface area contributed by atoms with Gasteiger partial charge in [0.1, 0.15) is 10.6 Å². The number of nitro benzene ring substituents is 1. The van der Waals surface area contributed by atoms with E-state index in [0.717, 1.165) is 22.2 Å². The first-order valence-electron chi connectivity index (χ1n) is 7.74. The number of non-ortho nitro benzene ring substituents is 1. The molecule has 0 saturated heterocycles. The zero-order valence-electron chi connectivity index (χ0n) is 13.8. The fourth-order valence-corrected chi connectivity index (χ4v) is 3.40. The zero-order chi connectivity index (χ0) is 18.7. The molecule has 0 aliphatic carbocycles. The van der Waals surface area contributed by atoms with Crippen LogP contribution < -0.4 is 5.32 Å². The van der Waals surface area contributed by atoms with E-state index in [1.165, 1.54) is 19.2 Å². The van der Waals surface area contributed by atoms with Crippen LogP contribution in [0, 0.1) is 10.1 Å². The first-order valence-corrected chi connectivity index (χ1v) is 8.56. The van der Waals surface area contributed by atoms with E-state index in [1.54, 1.807) is 12.1 Å². The van der Waals surface area contributed by atoms with Crippen LogP contribution in [0.25, 0.3) is 0 Å². The van der Waals surface area contributed by atoms with Gasteiger partial charge in [0.25, 0.3) is 17.5 Å². The molecule has 0 aromatic heterocycles. The predicted molar refractivity (Wildman–Crippen MR) is 97.0 cm³/mol. The van der Waals surface area contributed by atoms with Gasteiger partial charge in [-0.1, -0.05) is 42.1 Å². The Kier molecular flexibility index (Phi) is 5.04. The van der Waals surface area contributed by atoms with Crippen LogP contribution in [0.1, 0.15) is 5.56 Å². The molecular weight excluding hydrogens is 354 g/mol. The fourth-order valence-electron chi connectivity index (χ4n) is 2.41. The van der Waals surface area contributed by atoms with Crippen molar-refractivity contribution in [2.75, 3.05) is 7.05 Å². The van der Waals surface area contributed by atoms with E-state index in [-0.39, 0.29) is 16.3 Å². The van der Waals surface area contributed by atoms with E-state index >= 15 is 0 Å². The van der Waals surface area contributed by atoms with Crippen molar-refractivity contribution in [3.63, 3.8) is 0 Å². The van der Waals surface area contributed by atoms with Crippen LogP contribution in [0.3, 0.4) is 0 Å². The lowest BCUT2D eigenvalue weighted by atomic mass is 10.2. The molecule has 2 amide bonds. The summed E-state index contributed by atoms with van der Waals surface area (Å²) < 4.78 is 0. The number of rotatable bonds is 6. The number of imide groups is 1. The van der Waals surface area contributed by atoms with Gasteiger partial charge in [0.05, 0.1) is 4.92 Å². The molecule has 0 saturated carbocycles. The third-order valence-electron chi connectivity index (χ3n) is 3.82. The van der Waals surface area contributed by atoms with Crippen LogP contribution in [0.5, 0.6) is 0 Å². The fraction of sp³-hybridized carbons (Fsp3) is 0.111. The van der Waals surface area contributed by atoms with Crippen molar-refractivity contribution < 1.29 is 14.5 Å². The molecule has 3 rings (SSSR count). The summed E-state index contributed by atoms with van der Waals surface area (Å²) in [4.78, 5) is 37.0. The molecule has 0 bridgehead atoms. The number of likely N-dealkylation sites (N-methyl/N-ethyl adjacent to an activating group) is 1. The second kappa shape index (κ2) is 7.40. The van der Waals surface area contributed by atoms with Crippen molar-refractivity contribution >= 4 is 29.3 Å². The van der Waals surface area contributed by atoms with Gasteiger partial charge in [-0.2, -0.15) is 0 Å². The zero-order valence-corrected chi connectivity index (χ0v) is 14.7. The average Bonchev–Trinajstić information content (AvgIpc) is 2.85.